The molecule has 0 radical (unpaired) electrons. The Morgan fingerprint density at radius 2 is 0.703 bits per heavy atom. The Labute approximate surface area is 228 Å². The van der Waals surface area contributed by atoms with Crippen molar-refractivity contribution in [2.75, 3.05) is 11.5 Å². The van der Waals surface area contributed by atoms with Gasteiger partial charge in [0.2, 0.25) is 0 Å². The lowest BCUT2D eigenvalue weighted by Gasteiger charge is -2.36. The van der Waals surface area contributed by atoms with Crippen LogP contribution in [0.3, 0.4) is 0 Å². The van der Waals surface area contributed by atoms with E-state index in [2.05, 4.69) is 13.8 Å². The van der Waals surface area contributed by atoms with Crippen molar-refractivity contribution < 1.29 is 29.4 Å². The number of hydrogen-bond donors (Lipinski definition) is 2. The highest BCUT2D eigenvalue weighted by Gasteiger charge is 2.39. The van der Waals surface area contributed by atoms with Crippen LogP contribution in [-0.2, 0) is 19.2 Å². The zero-order valence-corrected chi connectivity index (χ0v) is 24.7. The van der Waals surface area contributed by atoms with E-state index >= 15 is 0 Å². The molecule has 0 atom stereocenters. The van der Waals surface area contributed by atoms with E-state index < -0.39 is 22.0 Å². The number of rotatable bonds is 26. The highest BCUT2D eigenvalue weighted by Crippen LogP contribution is 2.53. The van der Waals surface area contributed by atoms with Crippen LogP contribution in [0.25, 0.3) is 0 Å². The van der Waals surface area contributed by atoms with Gasteiger partial charge in [0, 0.05) is 24.3 Å². The summed E-state index contributed by atoms with van der Waals surface area (Å²) in [7, 11) is -2.60. The molecule has 0 heterocycles. The molecule has 218 valence electrons. The van der Waals surface area contributed by atoms with Gasteiger partial charge < -0.3 is 10.2 Å². The molecular weight excluding hydrogens is 488 g/mol. The summed E-state index contributed by atoms with van der Waals surface area (Å²) in [4.78, 5) is 49.6. The van der Waals surface area contributed by atoms with Crippen LogP contribution in [-0.4, -0.2) is 43.9 Å². The van der Waals surface area contributed by atoms with Crippen LogP contribution in [0.5, 0.6) is 0 Å². The van der Waals surface area contributed by atoms with Gasteiger partial charge in [-0.15, -0.1) is 10.0 Å². The molecule has 0 amide bonds. The maximum absolute atomic E-state index is 13.4. The predicted molar refractivity (Wildman–Crippen MR) is 156 cm³/mol. The minimum atomic E-state index is -2.60. The third-order valence-corrected chi connectivity index (χ3v) is 11.1. The van der Waals surface area contributed by atoms with E-state index in [9.17, 15) is 29.4 Å². The molecule has 0 aliphatic rings. The van der Waals surface area contributed by atoms with Crippen molar-refractivity contribution in [1.82, 2.24) is 0 Å². The number of carbonyl (C=O) groups is 4. The van der Waals surface area contributed by atoms with E-state index in [-0.39, 0.29) is 47.4 Å². The van der Waals surface area contributed by atoms with Crippen molar-refractivity contribution in [2.45, 2.75) is 155 Å². The van der Waals surface area contributed by atoms with Gasteiger partial charge in [-0.25, -0.2) is 0 Å². The number of hydrogen-bond acceptors (Lipinski definition) is 4. The summed E-state index contributed by atoms with van der Waals surface area (Å²) in [6.45, 7) is 4.40. The highest BCUT2D eigenvalue weighted by atomic mass is 32.3. The summed E-state index contributed by atoms with van der Waals surface area (Å²) < 4.78 is 0. The van der Waals surface area contributed by atoms with Gasteiger partial charge in [-0.05, 0) is 12.8 Å². The van der Waals surface area contributed by atoms with Crippen molar-refractivity contribution in [1.29, 1.82) is 0 Å². The van der Waals surface area contributed by atoms with Crippen LogP contribution in [0.4, 0.5) is 0 Å². The van der Waals surface area contributed by atoms with Gasteiger partial charge in [0.1, 0.15) is 0 Å². The normalized spacial score (nSPS) is 11.9. The van der Waals surface area contributed by atoms with Crippen molar-refractivity contribution in [3.63, 3.8) is 0 Å². The van der Waals surface area contributed by atoms with Gasteiger partial charge in [0.15, 0.2) is 10.2 Å². The van der Waals surface area contributed by atoms with Crippen molar-refractivity contribution >= 4 is 32.2 Å². The second kappa shape index (κ2) is 23.7. The first kappa shape index (κ1) is 35.6. The van der Waals surface area contributed by atoms with E-state index in [1.54, 1.807) is 0 Å². The average Bonchev–Trinajstić information content (AvgIpc) is 2.86. The van der Waals surface area contributed by atoms with Gasteiger partial charge in [-0.1, -0.05) is 117 Å². The first-order chi connectivity index (χ1) is 17.8. The van der Waals surface area contributed by atoms with Crippen molar-refractivity contribution in [3.8, 4) is 0 Å². The zero-order valence-electron chi connectivity index (χ0n) is 23.9. The van der Waals surface area contributed by atoms with Gasteiger partial charge in [-0.2, -0.15) is 0 Å². The second-order valence-electron chi connectivity index (χ2n) is 10.5. The quantitative estimate of drug-likeness (QED) is 0.105. The fourth-order valence-corrected chi connectivity index (χ4v) is 8.24. The standard InChI is InChI=1S/C30H56O6S/c1-3-5-7-9-11-13-15-17-19-21-29(35)37(25-23-27(31)32,26-24-28(33)34)30(36)22-20-18-16-14-12-10-8-6-4-2/h3-26H2,1-2H3,(H,31,32)(H,33,34). The molecule has 0 aromatic rings. The molecule has 0 fully saturated rings. The molecular formula is C30H56O6S. The Hall–Kier alpha value is -1.37. The van der Waals surface area contributed by atoms with E-state index in [1.165, 1.54) is 64.2 Å². The van der Waals surface area contributed by atoms with E-state index in [1.807, 2.05) is 0 Å². The third kappa shape index (κ3) is 18.5. The van der Waals surface area contributed by atoms with Crippen LogP contribution in [0.15, 0.2) is 0 Å². The summed E-state index contributed by atoms with van der Waals surface area (Å²) in [6.07, 6.45) is 20.1. The maximum atomic E-state index is 13.4. The minimum absolute atomic E-state index is 0.0118. The number of carboxylic acids is 2. The number of unbranched alkanes of at least 4 members (excludes halogenated alkanes) is 16. The largest absolute Gasteiger partial charge is 0.481 e. The Kier molecular flexibility index (Phi) is 22.8. The summed E-state index contributed by atoms with van der Waals surface area (Å²) in [5.74, 6) is -2.11. The van der Waals surface area contributed by atoms with Gasteiger partial charge in [0.05, 0.1) is 12.8 Å². The minimum Gasteiger partial charge on any atom is -0.481 e. The van der Waals surface area contributed by atoms with Gasteiger partial charge in [0.25, 0.3) is 0 Å². The molecule has 6 nitrogen and oxygen atoms in total. The summed E-state index contributed by atoms with van der Waals surface area (Å²) in [5, 5.41) is 18.3. The summed E-state index contributed by atoms with van der Waals surface area (Å²) in [5.41, 5.74) is 0. The van der Waals surface area contributed by atoms with Gasteiger partial charge >= 0.3 is 11.9 Å². The fourth-order valence-electron chi connectivity index (χ4n) is 4.76. The molecule has 0 saturated heterocycles. The molecule has 0 rings (SSSR count). The maximum Gasteiger partial charge on any atom is 0.304 e. The summed E-state index contributed by atoms with van der Waals surface area (Å²) in [6, 6.07) is 0. The molecule has 0 bridgehead atoms. The number of carbonyl (C=O) groups excluding carboxylic acids is 2. The number of aliphatic carboxylic acids is 2. The average molecular weight is 545 g/mol. The highest BCUT2D eigenvalue weighted by molar-refractivity contribution is 8.55. The van der Waals surface area contributed by atoms with Crippen LogP contribution < -0.4 is 0 Å². The van der Waals surface area contributed by atoms with Gasteiger partial charge in [-0.3, -0.25) is 19.2 Å². The topological polar surface area (TPSA) is 109 Å². The fraction of sp³-hybridized carbons (Fsp3) is 0.867. The molecule has 37 heavy (non-hydrogen) atoms. The lowest BCUT2D eigenvalue weighted by atomic mass is 10.1. The van der Waals surface area contributed by atoms with Crippen LogP contribution >= 0.6 is 10.0 Å². The van der Waals surface area contributed by atoms with Crippen molar-refractivity contribution in [3.05, 3.63) is 0 Å². The zero-order chi connectivity index (χ0) is 27.8. The molecule has 0 unspecified atom stereocenters. The van der Waals surface area contributed by atoms with E-state index in [0.29, 0.717) is 12.8 Å². The Morgan fingerprint density at radius 3 is 0.973 bits per heavy atom. The first-order valence-corrected chi connectivity index (χ1v) is 17.0. The molecule has 0 aliphatic heterocycles. The molecule has 0 aromatic heterocycles. The smallest absolute Gasteiger partial charge is 0.304 e. The monoisotopic (exact) mass is 544 g/mol. The predicted octanol–water partition coefficient (Wildman–Crippen LogP) is 8.64. The summed E-state index contributed by atoms with van der Waals surface area (Å²) >= 11 is 0. The molecule has 0 aliphatic carbocycles. The Morgan fingerprint density at radius 1 is 0.432 bits per heavy atom. The lowest BCUT2D eigenvalue weighted by Crippen LogP contribution is -2.29. The second-order valence-corrected chi connectivity index (χ2v) is 14.0. The van der Waals surface area contributed by atoms with Crippen LogP contribution in [0.2, 0.25) is 0 Å². The van der Waals surface area contributed by atoms with E-state index in [4.69, 9.17) is 0 Å². The molecule has 0 aromatic carbocycles. The molecule has 2 N–H and O–H groups in total. The number of carboxylic acid groups (broad SMARTS) is 2. The SMILES string of the molecule is CCCCCCCCCCCC(=O)S(CCC(=O)O)(CCC(=O)O)C(=O)CCCCCCCCCCC. The lowest BCUT2D eigenvalue weighted by molar-refractivity contribution is -0.137. The molecule has 7 heteroatoms. The van der Waals surface area contributed by atoms with Crippen LogP contribution in [0, 0.1) is 0 Å². The first-order valence-electron chi connectivity index (χ1n) is 15.1. The van der Waals surface area contributed by atoms with Crippen LogP contribution in [0.1, 0.15) is 155 Å². The van der Waals surface area contributed by atoms with E-state index in [0.717, 1.165) is 38.5 Å². The van der Waals surface area contributed by atoms with Crippen molar-refractivity contribution in [2.24, 2.45) is 0 Å². The molecule has 0 spiro atoms. The third-order valence-electron chi connectivity index (χ3n) is 7.17. The Balaban J connectivity index is 4.88. The molecule has 0 saturated carbocycles. The Bertz CT molecular complexity index is 580.